The minimum atomic E-state index is -2.86. The zero-order valence-corrected chi connectivity index (χ0v) is 13.1. The molecule has 1 aliphatic rings. The number of aliphatic hydroxyl groups is 1. The summed E-state index contributed by atoms with van der Waals surface area (Å²) in [5, 5.41) is 13.6. The van der Waals surface area contributed by atoms with Crippen LogP contribution in [0.5, 0.6) is 0 Å². The molecule has 21 heavy (non-hydrogen) atoms. The van der Waals surface area contributed by atoms with Crippen LogP contribution in [0.25, 0.3) is 0 Å². The number of nitrogens with one attached hydrogen (secondary N) is 2. The number of carbonyl (C=O) groups excluding carboxylic acids is 2. The Balaban J connectivity index is 2.73. The van der Waals surface area contributed by atoms with E-state index in [2.05, 4.69) is 10.4 Å². The summed E-state index contributed by atoms with van der Waals surface area (Å²) in [6.07, 6.45) is 1.49. The predicted octanol–water partition coefficient (Wildman–Crippen LogP) is -1.91. The van der Waals surface area contributed by atoms with Crippen LogP contribution in [0.1, 0.15) is 26.2 Å². The van der Waals surface area contributed by atoms with Gasteiger partial charge >= 0.3 is 0 Å². The maximum absolute atomic E-state index is 12.4. The number of nitrogens with two attached hydrogens (primary N) is 2. The molecule has 2 unspecified atom stereocenters. The maximum Gasteiger partial charge on any atom is 0.265 e. The van der Waals surface area contributed by atoms with Crippen molar-refractivity contribution in [1.82, 2.24) is 15.4 Å². The average molecular weight is 321 g/mol. The SMILES string of the molecule is CCCNC(=O)C(CO)N[PH](=O)[C@@]1(N)CCCN(N)C1=O. The smallest absolute Gasteiger partial charge is 0.265 e. The molecule has 0 spiro atoms. The molecule has 1 saturated heterocycles. The molecule has 3 atom stereocenters. The van der Waals surface area contributed by atoms with E-state index in [9.17, 15) is 19.3 Å². The summed E-state index contributed by atoms with van der Waals surface area (Å²) in [6, 6.07) is -1.07. The van der Waals surface area contributed by atoms with E-state index in [0.29, 0.717) is 19.5 Å². The lowest BCUT2D eigenvalue weighted by Gasteiger charge is -2.36. The fourth-order valence-electron chi connectivity index (χ4n) is 2.06. The van der Waals surface area contributed by atoms with Gasteiger partial charge in [0.05, 0.1) is 6.61 Å². The average Bonchev–Trinajstić information content (AvgIpc) is 2.47. The second kappa shape index (κ2) is 7.86. The van der Waals surface area contributed by atoms with Crippen molar-refractivity contribution in [2.45, 2.75) is 37.5 Å². The molecule has 2 amide bonds. The van der Waals surface area contributed by atoms with Crippen molar-refractivity contribution < 1.29 is 19.3 Å². The summed E-state index contributed by atoms with van der Waals surface area (Å²) < 4.78 is 12.4. The number of hydrogen-bond acceptors (Lipinski definition) is 6. The highest BCUT2D eigenvalue weighted by Crippen LogP contribution is 2.38. The lowest BCUT2D eigenvalue weighted by molar-refractivity contribution is -0.137. The Bertz CT molecular complexity index is 421. The minimum Gasteiger partial charge on any atom is -0.394 e. The number of rotatable bonds is 7. The summed E-state index contributed by atoms with van der Waals surface area (Å²) >= 11 is 0. The molecule has 1 aliphatic heterocycles. The van der Waals surface area contributed by atoms with Gasteiger partial charge in [-0.2, -0.15) is 0 Å². The lowest BCUT2D eigenvalue weighted by Crippen LogP contribution is -2.61. The van der Waals surface area contributed by atoms with Crippen LogP contribution in [-0.4, -0.2) is 52.9 Å². The Labute approximate surface area is 124 Å². The van der Waals surface area contributed by atoms with Gasteiger partial charge in [-0.05, 0) is 19.3 Å². The summed E-state index contributed by atoms with van der Waals surface area (Å²) in [5.74, 6) is 4.41. The Morgan fingerprint density at radius 2 is 2.29 bits per heavy atom. The third-order valence-corrected chi connectivity index (χ3v) is 5.26. The molecule has 1 fully saturated rings. The molecule has 7 N–H and O–H groups in total. The van der Waals surface area contributed by atoms with Gasteiger partial charge in [0.25, 0.3) is 5.91 Å². The summed E-state index contributed by atoms with van der Waals surface area (Å²) in [4.78, 5) is 23.8. The molecule has 0 saturated carbocycles. The third kappa shape index (κ3) is 4.24. The maximum atomic E-state index is 12.4. The van der Waals surface area contributed by atoms with Crippen LogP contribution in [-0.2, 0) is 14.2 Å². The highest BCUT2D eigenvalue weighted by Gasteiger charge is 2.45. The van der Waals surface area contributed by atoms with Crippen LogP contribution in [0, 0.1) is 0 Å². The van der Waals surface area contributed by atoms with E-state index < -0.39 is 37.7 Å². The van der Waals surface area contributed by atoms with Gasteiger partial charge in [-0.25, -0.2) is 5.84 Å². The van der Waals surface area contributed by atoms with E-state index in [1.165, 1.54) is 0 Å². The Hall–Kier alpha value is -0.990. The van der Waals surface area contributed by atoms with Crippen LogP contribution in [0.4, 0.5) is 0 Å². The summed E-state index contributed by atoms with van der Waals surface area (Å²) in [6.45, 7) is 2.15. The van der Waals surface area contributed by atoms with E-state index >= 15 is 0 Å². The second-order valence-electron chi connectivity index (χ2n) is 5.07. The van der Waals surface area contributed by atoms with E-state index in [1.54, 1.807) is 0 Å². The number of hydrazine groups is 1. The number of piperidine rings is 1. The highest BCUT2D eigenvalue weighted by atomic mass is 31.1. The van der Waals surface area contributed by atoms with Gasteiger partial charge in [0.1, 0.15) is 6.04 Å². The van der Waals surface area contributed by atoms with Gasteiger partial charge < -0.3 is 20.7 Å². The fraction of sp³-hybridized carbons (Fsp3) is 0.818. The van der Waals surface area contributed by atoms with Gasteiger partial charge in [-0.15, -0.1) is 0 Å². The monoisotopic (exact) mass is 321 g/mol. The Morgan fingerprint density at radius 3 is 2.86 bits per heavy atom. The molecular formula is C11H24N5O4P. The molecule has 122 valence electrons. The highest BCUT2D eigenvalue weighted by molar-refractivity contribution is 7.45. The predicted molar refractivity (Wildman–Crippen MR) is 78.4 cm³/mol. The molecular weight excluding hydrogens is 297 g/mol. The van der Waals surface area contributed by atoms with Gasteiger partial charge in [-0.3, -0.25) is 19.7 Å². The fourth-order valence-corrected chi connectivity index (χ4v) is 3.59. The summed E-state index contributed by atoms with van der Waals surface area (Å²) in [7, 11) is -2.86. The van der Waals surface area contributed by atoms with Gasteiger partial charge in [0, 0.05) is 13.1 Å². The number of hydrogen-bond donors (Lipinski definition) is 5. The number of nitrogens with zero attached hydrogens (tertiary/aromatic N) is 1. The van der Waals surface area contributed by atoms with Crippen LogP contribution in [0.15, 0.2) is 0 Å². The molecule has 0 aromatic heterocycles. The first-order valence-corrected chi connectivity index (χ1v) is 8.32. The normalized spacial score (nSPS) is 25.5. The molecule has 0 radical (unpaired) electrons. The van der Waals surface area contributed by atoms with Crippen molar-refractivity contribution in [1.29, 1.82) is 0 Å². The van der Waals surface area contributed by atoms with Crippen molar-refractivity contribution in [2.75, 3.05) is 19.7 Å². The van der Waals surface area contributed by atoms with Crippen LogP contribution >= 0.6 is 7.95 Å². The summed E-state index contributed by atoms with van der Waals surface area (Å²) in [5.41, 5.74) is 5.93. The largest absolute Gasteiger partial charge is 0.394 e. The van der Waals surface area contributed by atoms with Crippen LogP contribution < -0.4 is 22.0 Å². The molecule has 0 aliphatic carbocycles. The molecule has 0 aromatic carbocycles. The first kappa shape index (κ1) is 18.1. The molecule has 1 heterocycles. The van der Waals surface area contributed by atoms with Crippen LogP contribution in [0.2, 0.25) is 0 Å². The Kier molecular flexibility index (Phi) is 6.76. The molecule has 9 nitrogen and oxygen atoms in total. The quantitative estimate of drug-likeness (QED) is 0.208. The second-order valence-corrected chi connectivity index (χ2v) is 6.91. The van der Waals surface area contributed by atoms with Gasteiger partial charge in [-0.1, -0.05) is 6.92 Å². The number of amides is 2. The molecule has 10 heteroatoms. The zero-order chi connectivity index (χ0) is 16.0. The van der Waals surface area contributed by atoms with E-state index in [0.717, 1.165) is 11.4 Å². The number of carbonyl (C=O) groups is 2. The van der Waals surface area contributed by atoms with Gasteiger partial charge in [0.2, 0.25) is 5.91 Å². The van der Waals surface area contributed by atoms with Crippen molar-refractivity contribution in [3.8, 4) is 0 Å². The van der Waals surface area contributed by atoms with Crippen molar-refractivity contribution in [3.05, 3.63) is 0 Å². The first-order valence-electron chi connectivity index (χ1n) is 6.92. The van der Waals surface area contributed by atoms with Crippen molar-refractivity contribution >= 4 is 19.8 Å². The van der Waals surface area contributed by atoms with Crippen LogP contribution in [0.3, 0.4) is 0 Å². The van der Waals surface area contributed by atoms with Crippen molar-refractivity contribution in [3.63, 3.8) is 0 Å². The zero-order valence-electron chi connectivity index (χ0n) is 12.1. The standard InChI is InChI=1S/C11H24N5O4P/c1-2-5-14-9(18)8(7-17)15-21(20)11(12)4-3-6-16(13)10(11)19/h8,17,21H,2-7,12-13H2,1H3,(H,14,18)(H,15,20)/t8?,11-/m0/s1. The van der Waals surface area contributed by atoms with E-state index in [-0.39, 0.29) is 6.42 Å². The third-order valence-electron chi connectivity index (χ3n) is 3.37. The lowest BCUT2D eigenvalue weighted by atomic mass is 10.1. The molecule has 1 rings (SSSR count). The molecule has 0 bridgehead atoms. The number of aliphatic hydroxyl groups excluding tert-OH is 1. The topological polar surface area (TPSA) is 151 Å². The first-order chi connectivity index (χ1) is 9.86. The minimum absolute atomic E-state index is 0.221. The van der Waals surface area contributed by atoms with Crippen molar-refractivity contribution in [2.24, 2.45) is 11.6 Å². The van der Waals surface area contributed by atoms with E-state index in [1.807, 2.05) is 6.92 Å². The molecule has 0 aromatic rings. The Morgan fingerprint density at radius 1 is 1.62 bits per heavy atom. The van der Waals surface area contributed by atoms with Gasteiger partial charge in [0.15, 0.2) is 13.2 Å². The van der Waals surface area contributed by atoms with E-state index in [4.69, 9.17) is 11.6 Å².